The molecule has 0 bridgehead atoms. The third-order valence-electron chi connectivity index (χ3n) is 10.7. The average molecular weight is 797 g/mol. The summed E-state index contributed by atoms with van der Waals surface area (Å²) in [7, 11) is -3.38. The number of carbonyl (C=O) groups is 2. The van der Waals surface area contributed by atoms with Crippen LogP contribution >= 0.6 is 15.9 Å². The summed E-state index contributed by atoms with van der Waals surface area (Å²) in [5.74, 6) is 0.112. The molecule has 0 unspecified atom stereocenters. The number of benzene rings is 4. The van der Waals surface area contributed by atoms with Gasteiger partial charge in [0.05, 0.1) is 35.3 Å². The first kappa shape index (κ1) is 35.3. The van der Waals surface area contributed by atoms with Crippen molar-refractivity contribution in [3.05, 3.63) is 124 Å². The molecule has 1 N–H and O–H groups in total. The van der Waals surface area contributed by atoms with E-state index in [0.717, 1.165) is 10.0 Å². The van der Waals surface area contributed by atoms with Crippen molar-refractivity contribution in [1.82, 2.24) is 15.0 Å². The summed E-state index contributed by atoms with van der Waals surface area (Å²) in [4.78, 5) is 32.5. The second kappa shape index (κ2) is 13.6. The molecule has 3 aliphatic heterocycles. The minimum absolute atomic E-state index is 0.0279. The van der Waals surface area contributed by atoms with Crippen LogP contribution in [0.2, 0.25) is 18.6 Å². The number of aliphatic hydroxyl groups excluding tert-OH is 1. The van der Waals surface area contributed by atoms with Crippen LogP contribution in [0.25, 0.3) is 0 Å². The van der Waals surface area contributed by atoms with E-state index in [-0.39, 0.29) is 25.0 Å². The Kier molecular flexibility index (Phi) is 9.08. The number of amides is 2. The van der Waals surface area contributed by atoms with E-state index in [2.05, 4.69) is 26.2 Å². The van der Waals surface area contributed by atoms with Crippen molar-refractivity contribution in [2.24, 2.45) is 5.92 Å². The molecule has 1 fully saturated rings. The highest BCUT2D eigenvalue weighted by atomic mass is 79.9. The third-order valence-corrected chi connectivity index (χ3v) is 13.6. The summed E-state index contributed by atoms with van der Waals surface area (Å²) in [5.41, 5.74) is 2.70. The van der Waals surface area contributed by atoms with Crippen molar-refractivity contribution >= 4 is 53.2 Å². The number of para-hydroxylation sites is 3. The molecule has 1 aromatic heterocycles. The number of fused-ring (bicyclic) bond motifs is 4. The van der Waals surface area contributed by atoms with Gasteiger partial charge in [-0.25, -0.2) is 0 Å². The molecule has 4 heterocycles. The molecule has 4 aromatic carbocycles. The number of hydrogen-bond acceptors (Lipinski definition) is 7. The highest BCUT2D eigenvalue weighted by molar-refractivity contribution is 9.10. The van der Waals surface area contributed by atoms with E-state index in [1.165, 1.54) is 0 Å². The smallest absolute Gasteiger partial charge is 0.266 e. The van der Waals surface area contributed by atoms with E-state index < -0.39 is 31.6 Å². The summed E-state index contributed by atoms with van der Waals surface area (Å²) in [6, 6.07) is 28.0. The molecule has 0 saturated carbocycles. The second-order valence-electron chi connectivity index (χ2n) is 14.4. The minimum Gasteiger partial charge on any atom is -0.454 e. The Hall–Kier alpha value is -4.69. The molecule has 0 radical (unpaired) electrons. The topological polar surface area (TPSA) is 110 Å². The normalized spacial score (nSPS) is 22.1. The first-order chi connectivity index (χ1) is 25.5. The van der Waals surface area contributed by atoms with Gasteiger partial charge in [0.25, 0.3) is 11.8 Å². The fraction of sp³-hybridized carbons (Fsp3) is 0.300. The summed E-state index contributed by atoms with van der Waals surface area (Å²) >= 11 is 3.62. The van der Waals surface area contributed by atoms with Crippen LogP contribution in [0, 0.1) is 5.92 Å². The van der Waals surface area contributed by atoms with Gasteiger partial charge in [-0.3, -0.25) is 19.2 Å². The van der Waals surface area contributed by atoms with Crippen LogP contribution in [0.5, 0.6) is 11.5 Å². The number of nitrogens with zero attached hydrogens (tertiary/aromatic N) is 5. The summed E-state index contributed by atoms with van der Waals surface area (Å²) in [6.07, 6.45) is 2.08. The Labute approximate surface area is 316 Å². The molecule has 1 saturated heterocycles. The van der Waals surface area contributed by atoms with Crippen molar-refractivity contribution < 1.29 is 28.3 Å². The molecule has 3 aliphatic rings. The molecule has 4 atom stereocenters. The van der Waals surface area contributed by atoms with E-state index in [0.29, 0.717) is 64.8 Å². The SMILES string of the molecule is C[C@H]1[C@H]([Si](C)(C)F)[C@@H](CCn2cc(CCO)nn2)O[C@]12C(=O)N(Cc1cccc(N3C(=O)c4ccccc4Oc4ccccc43)c1)c1ccc(Br)cc12. The van der Waals surface area contributed by atoms with Crippen LogP contribution in [0.3, 0.4) is 0 Å². The van der Waals surface area contributed by atoms with Gasteiger partial charge in [-0.2, -0.15) is 0 Å². The lowest BCUT2D eigenvalue weighted by atomic mass is 9.82. The van der Waals surface area contributed by atoms with E-state index in [1.807, 2.05) is 85.8 Å². The number of carbonyl (C=O) groups excluding carboxylic acids is 2. The van der Waals surface area contributed by atoms with E-state index in [9.17, 15) is 9.90 Å². The third kappa shape index (κ3) is 6.09. The van der Waals surface area contributed by atoms with Crippen LogP contribution in [-0.2, 0) is 34.6 Å². The van der Waals surface area contributed by atoms with Gasteiger partial charge in [0.2, 0.25) is 8.41 Å². The molecule has 5 aromatic rings. The lowest BCUT2D eigenvalue weighted by molar-refractivity contribution is -0.146. The predicted molar refractivity (Wildman–Crippen MR) is 205 cm³/mol. The monoisotopic (exact) mass is 795 g/mol. The van der Waals surface area contributed by atoms with E-state index in [1.54, 1.807) is 45.9 Å². The fourth-order valence-electron chi connectivity index (χ4n) is 8.42. The summed E-state index contributed by atoms with van der Waals surface area (Å²) in [5, 5.41) is 17.6. The first-order valence-electron chi connectivity index (χ1n) is 17.8. The maximum Gasteiger partial charge on any atom is 0.266 e. The quantitative estimate of drug-likeness (QED) is 0.119. The molecule has 10 nitrogen and oxygen atoms in total. The molecule has 0 aliphatic carbocycles. The zero-order chi connectivity index (χ0) is 37.1. The molecule has 272 valence electrons. The van der Waals surface area contributed by atoms with Gasteiger partial charge in [-0.05, 0) is 79.7 Å². The number of rotatable bonds is 9. The zero-order valence-corrected chi connectivity index (χ0v) is 32.2. The summed E-state index contributed by atoms with van der Waals surface area (Å²) < 4.78 is 32.0. The number of halogens is 2. The second-order valence-corrected chi connectivity index (χ2v) is 19.1. The summed E-state index contributed by atoms with van der Waals surface area (Å²) in [6.45, 7) is 5.93. The van der Waals surface area contributed by atoms with E-state index in [4.69, 9.17) is 9.47 Å². The molecule has 13 heteroatoms. The lowest BCUT2D eigenvalue weighted by Gasteiger charge is -2.31. The zero-order valence-electron chi connectivity index (χ0n) is 29.6. The Bertz CT molecular complexity index is 2230. The maximum absolute atomic E-state index is 16.4. The number of anilines is 3. The van der Waals surface area contributed by atoms with Crippen LogP contribution in [-0.4, -0.2) is 53.0 Å². The molecule has 1 spiro atoms. The van der Waals surface area contributed by atoms with Gasteiger partial charge < -0.3 is 23.6 Å². The number of aliphatic hydroxyl groups is 1. The Morgan fingerprint density at radius 1 is 0.962 bits per heavy atom. The Balaban J connectivity index is 1.14. The average Bonchev–Trinajstić information content (AvgIpc) is 3.75. The van der Waals surface area contributed by atoms with Gasteiger partial charge in [-0.15, -0.1) is 5.10 Å². The number of hydrogen-bond donors (Lipinski definition) is 1. The minimum atomic E-state index is -3.38. The van der Waals surface area contributed by atoms with Crippen LogP contribution < -0.4 is 14.5 Å². The largest absolute Gasteiger partial charge is 0.454 e. The number of aromatic nitrogens is 3. The number of ether oxygens (including phenoxy) is 2. The van der Waals surface area contributed by atoms with Crippen molar-refractivity contribution in [2.45, 2.75) is 63.2 Å². The molecule has 2 amide bonds. The molecule has 53 heavy (non-hydrogen) atoms. The highest BCUT2D eigenvalue weighted by Crippen LogP contribution is 2.60. The van der Waals surface area contributed by atoms with Gasteiger partial charge in [0, 0.05) is 53.0 Å². The van der Waals surface area contributed by atoms with Crippen molar-refractivity contribution in [2.75, 3.05) is 16.4 Å². The lowest BCUT2D eigenvalue weighted by Crippen LogP contribution is -2.45. The fourth-order valence-corrected chi connectivity index (χ4v) is 11.3. The van der Waals surface area contributed by atoms with Crippen LogP contribution in [0.1, 0.15) is 40.5 Å². The van der Waals surface area contributed by atoms with E-state index >= 15 is 8.90 Å². The Morgan fingerprint density at radius 2 is 1.74 bits per heavy atom. The highest BCUT2D eigenvalue weighted by Gasteiger charge is 2.66. The van der Waals surface area contributed by atoms with Crippen molar-refractivity contribution in [3.8, 4) is 11.5 Å². The van der Waals surface area contributed by atoms with Gasteiger partial charge in [0.15, 0.2) is 11.4 Å². The first-order valence-corrected chi connectivity index (χ1v) is 21.5. The van der Waals surface area contributed by atoms with Gasteiger partial charge in [0.1, 0.15) is 5.75 Å². The predicted octanol–water partition coefficient (Wildman–Crippen LogP) is 8.07. The van der Waals surface area contributed by atoms with Gasteiger partial charge >= 0.3 is 0 Å². The molecular formula is C40H39BrFN5O5Si. The van der Waals surface area contributed by atoms with Crippen LogP contribution in [0.4, 0.5) is 21.2 Å². The number of aryl methyl sites for hydroxylation is 1. The van der Waals surface area contributed by atoms with Crippen molar-refractivity contribution in [3.63, 3.8) is 0 Å². The van der Waals surface area contributed by atoms with Crippen molar-refractivity contribution in [1.29, 1.82) is 0 Å². The molecule has 8 rings (SSSR count). The molecular weight excluding hydrogens is 757 g/mol. The van der Waals surface area contributed by atoms with Crippen LogP contribution in [0.15, 0.2) is 102 Å². The Morgan fingerprint density at radius 3 is 2.53 bits per heavy atom. The van der Waals surface area contributed by atoms with Gasteiger partial charge in [-0.1, -0.05) is 64.5 Å². The standard InChI is InChI=1S/C40H39BrFN5O5Si/c1-25-37(53(2,3)42)36(17-19-45-24-28(18-20-48)43-44-45)52-40(25)31-22-27(41)15-16-32(31)46(39(40)50)23-26-9-8-10-29(21-26)47-33-12-5-7-14-35(33)51-34-13-6-4-11-30(34)38(47)49/h4-16,21-22,24-25,36-37,48H,17-20,23H2,1-3H3/t25-,36+,37-,40+/m0/s1. The maximum atomic E-state index is 16.4.